The van der Waals surface area contributed by atoms with Gasteiger partial charge in [-0.1, -0.05) is 0 Å². The molecule has 0 saturated heterocycles. The van der Waals surface area contributed by atoms with Crippen LogP contribution in [0.3, 0.4) is 0 Å². The molecule has 0 aromatic rings. The van der Waals surface area contributed by atoms with Crippen molar-refractivity contribution in [1.29, 1.82) is 0 Å². The Hall–Kier alpha value is -0.700. The highest BCUT2D eigenvalue weighted by molar-refractivity contribution is 5.89. The van der Waals surface area contributed by atoms with Crippen molar-refractivity contribution in [3.05, 3.63) is 0 Å². The number of Topliss-reactive ketones (excluding diaryl/α,β-unsaturated/α-hetero) is 2. The van der Waals surface area contributed by atoms with Crippen molar-refractivity contribution < 1.29 is 14.3 Å². The summed E-state index contributed by atoms with van der Waals surface area (Å²) in [7, 11) is 1.54. The Morgan fingerprint density at radius 2 is 1.92 bits per heavy atom. The molecule has 1 aliphatic rings. The van der Waals surface area contributed by atoms with Crippen molar-refractivity contribution in [3.63, 3.8) is 0 Å². The van der Waals surface area contributed by atoms with Crippen LogP contribution in [0.2, 0.25) is 0 Å². The minimum absolute atomic E-state index is 0.0394. The van der Waals surface area contributed by atoms with Crippen LogP contribution in [0.15, 0.2) is 0 Å². The van der Waals surface area contributed by atoms with Crippen molar-refractivity contribution >= 4 is 11.6 Å². The summed E-state index contributed by atoms with van der Waals surface area (Å²) in [6.07, 6.45) is 2.07. The van der Waals surface area contributed by atoms with Gasteiger partial charge in [0.05, 0.1) is 0 Å². The van der Waals surface area contributed by atoms with E-state index in [1.165, 1.54) is 14.0 Å². The third-order valence-corrected chi connectivity index (χ3v) is 2.65. The molecule has 3 nitrogen and oxygen atoms in total. The molecule has 0 amide bonds. The van der Waals surface area contributed by atoms with Gasteiger partial charge in [-0.15, -0.1) is 0 Å². The van der Waals surface area contributed by atoms with Crippen molar-refractivity contribution in [2.45, 2.75) is 38.2 Å². The van der Waals surface area contributed by atoms with Gasteiger partial charge in [0.1, 0.15) is 11.4 Å². The molecule has 0 atom stereocenters. The van der Waals surface area contributed by atoms with Gasteiger partial charge in [0.25, 0.3) is 0 Å². The van der Waals surface area contributed by atoms with Gasteiger partial charge in [0.2, 0.25) is 0 Å². The molecule has 0 heterocycles. The van der Waals surface area contributed by atoms with Crippen LogP contribution in [0.5, 0.6) is 0 Å². The second-order valence-corrected chi connectivity index (χ2v) is 3.29. The normalized spacial score (nSPS) is 22.3. The van der Waals surface area contributed by atoms with E-state index in [9.17, 15) is 9.59 Å². The molecule has 1 fully saturated rings. The number of ketones is 2. The molecular formula is C9H14O3. The van der Waals surface area contributed by atoms with E-state index in [2.05, 4.69) is 0 Å². The molecule has 68 valence electrons. The fourth-order valence-corrected chi connectivity index (χ4v) is 1.63. The topological polar surface area (TPSA) is 43.4 Å². The molecule has 0 N–H and O–H groups in total. The average Bonchev–Trinajstić information content (AvgIpc) is 2.06. The number of methoxy groups -OCH3 is 1. The van der Waals surface area contributed by atoms with Crippen LogP contribution in [0, 0.1) is 0 Å². The second kappa shape index (κ2) is 3.35. The molecule has 12 heavy (non-hydrogen) atoms. The monoisotopic (exact) mass is 170 g/mol. The highest BCUT2D eigenvalue weighted by Gasteiger charge is 2.38. The first-order chi connectivity index (χ1) is 5.60. The molecule has 3 heteroatoms. The average molecular weight is 170 g/mol. The molecule has 1 rings (SSSR count). The maximum Gasteiger partial charge on any atom is 0.161 e. The zero-order chi connectivity index (χ0) is 9.19. The highest BCUT2D eigenvalue weighted by atomic mass is 16.5. The number of carbonyl (C=O) groups excluding carboxylic acids is 2. The Labute approximate surface area is 72.1 Å². The first kappa shape index (κ1) is 9.39. The van der Waals surface area contributed by atoms with Crippen LogP contribution < -0.4 is 0 Å². The number of rotatable bonds is 2. The second-order valence-electron chi connectivity index (χ2n) is 3.29. The first-order valence-electron chi connectivity index (χ1n) is 4.18. The number of hydrogen-bond acceptors (Lipinski definition) is 3. The third-order valence-electron chi connectivity index (χ3n) is 2.65. The van der Waals surface area contributed by atoms with Crippen molar-refractivity contribution in [2.75, 3.05) is 7.11 Å². The SMILES string of the molecule is COC1(C(C)=O)CCC(=O)CC1. The van der Waals surface area contributed by atoms with Gasteiger partial charge >= 0.3 is 0 Å². The minimum atomic E-state index is -0.659. The van der Waals surface area contributed by atoms with E-state index < -0.39 is 5.60 Å². The summed E-state index contributed by atoms with van der Waals surface area (Å²) in [5.74, 6) is 0.279. The Balaban J connectivity index is 2.69. The fourth-order valence-electron chi connectivity index (χ4n) is 1.63. The van der Waals surface area contributed by atoms with E-state index in [0.29, 0.717) is 25.7 Å². The summed E-state index contributed by atoms with van der Waals surface area (Å²) in [5.41, 5.74) is -0.659. The number of hydrogen-bond donors (Lipinski definition) is 0. The van der Waals surface area contributed by atoms with Crippen LogP contribution in [0.1, 0.15) is 32.6 Å². The van der Waals surface area contributed by atoms with Crippen LogP contribution in [0.25, 0.3) is 0 Å². The molecule has 1 aliphatic carbocycles. The van der Waals surface area contributed by atoms with Crippen LogP contribution in [-0.4, -0.2) is 24.3 Å². The molecule has 0 aromatic carbocycles. The van der Waals surface area contributed by atoms with E-state index in [1.54, 1.807) is 0 Å². The van der Waals surface area contributed by atoms with Crippen molar-refractivity contribution in [2.24, 2.45) is 0 Å². The first-order valence-corrected chi connectivity index (χ1v) is 4.18. The zero-order valence-electron chi connectivity index (χ0n) is 7.55. The molecule has 0 aromatic heterocycles. The number of ether oxygens (including phenoxy) is 1. The largest absolute Gasteiger partial charge is 0.370 e. The van der Waals surface area contributed by atoms with E-state index >= 15 is 0 Å². The summed E-state index contributed by atoms with van der Waals surface area (Å²) >= 11 is 0. The lowest BCUT2D eigenvalue weighted by atomic mass is 9.81. The lowest BCUT2D eigenvalue weighted by Gasteiger charge is -2.32. The predicted octanol–water partition coefficient (Wildman–Crippen LogP) is 1.10. The van der Waals surface area contributed by atoms with Gasteiger partial charge in [0.15, 0.2) is 5.78 Å². The molecule has 0 spiro atoms. The van der Waals surface area contributed by atoms with Gasteiger partial charge < -0.3 is 4.74 Å². The van der Waals surface area contributed by atoms with Gasteiger partial charge in [-0.2, -0.15) is 0 Å². The predicted molar refractivity (Wildman–Crippen MR) is 43.9 cm³/mol. The Morgan fingerprint density at radius 3 is 2.25 bits per heavy atom. The molecule has 0 unspecified atom stereocenters. The Bertz CT molecular complexity index is 198. The molecule has 1 saturated carbocycles. The van der Waals surface area contributed by atoms with Crippen LogP contribution in [0.4, 0.5) is 0 Å². The quantitative estimate of drug-likeness (QED) is 0.623. The van der Waals surface area contributed by atoms with Gasteiger partial charge in [-0.05, 0) is 19.8 Å². The lowest BCUT2D eigenvalue weighted by Crippen LogP contribution is -2.42. The van der Waals surface area contributed by atoms with Crippen LogP contribution >= 0.6 is 0 Å². The molecule has 0 radical (unpaired) electrons. The Morgan fingerprint density at radius 1 is 1.42 bits per heavy atom. The van der Waals surface area contributed by atoms with Crippen molar-refractivity contribution in [1.82, 2.24) is 0 Å². The van der Waals surface area contributed by atoms with Gasteiger partial charge in [0, 0.05) is 20.0 Å². The van der Waals surface area contributed by atoms with E-state index in [-0.39, 0.29) is 11.6 Å². The zero-order valence-corrected chi connectivity index (χ0v) is 7.55. The van der Waals surface area contributed by atoms with Gasteiger partial charge in [-0.3, -0.25) is 9.59 Å². The smallest absolute Gasteiger partial charge is 0.161 e. The summed E-state index contributed by atoms with van der Waals surface area (Å²) in [4.78, 5) is 22.1. The standard InChI is InChI=1S/C9H14O3/c1-7(10)9(12-2)5-3-8(11)4-6-9/h3-6H2,1-2H3. The minimum Gasteiger partial charge on any atom is -0.370 e. The third kappa shape index (κ3) is 1.55. The fraction of sp³-hybridized carbons (Fsp3) is 0.778. The van der Waals surface area contributed by atoms with Gasteiger partial charge in [-0.25, -0.2) is 0 Å². The number of carbonyl (C=O) groups is 2. The molecule has 0 aliphatic heterocycles. The molecular weight excluding hydrogens is 156 g/mol. The molecule has 0 bridgehead atoms. The van der Waals surface area contributed by atoms with E-state index in [1.807, 2.05) is 0 Å². The Kier molecular flexibility index (Phi) is 2.62. The van der Waals surface area contributed by atoms with Crippen molar-refractivity contribution in [3.8, 4) is 0 Å². The maximum absolute atomic E-state index is 11.2. The summed E-state index contributed by atoms with van der Waals surface area (Å²) < 4.78 is 5.19. The van der Waals surface area contributed by atoms with E-state index in [0.717, 1.165) is 0 Å². The summed E-state index contributed by atoms with van der Waals surface area (Å²) in [6, 6.07) is 0. The van der Waals surface area contributed by atoms with Crippen LogP contribution in [-0.2, 0) is 14.3 Å². The maximum atomic E-state index is 11.2. The lowest BCUT2D eigenvalue weighted by molar-refractivity contribution is -0.145. The summed E-state index contributed by atoms with van der Waals surface area (Å²) in [5, 5.41) is 0. The highest BCUT2D eigenvalue weighted by Crippen LogP contribution is 2.29. The summed E-state index contributed by atoms with van der Waals surface area (Å²) in [6.45, 7) is 1.53. The van der Waals surface area contributed by atoms with E-state index in [4.69, 9.17) is 4.74 Å².